The summed E-state index contributed by atoms with van der Waals surface area (Å²) in [5.74, 6) is -0.699. The standard InChI is InChI=1S/C41H37Cl2N3O6S4/c42-31-17-19-37-35(27-31)44(23-7-25-55(47,48)49)39(53-37)21-15-29-13-14-30(41(29)46(33-9-3-1-4-10-33)34-11-5-2-6-12-34)16-22-40-45(24-8-26-56(50,51)52)36-28-32(43)18-20-38(36)54-40/h1-6,9-12,15-22,27-28H,7-8,13-14,23-26H2,(H-,47,48,49,50,51,52)/p+1. The Morgan fingerprint density at radius 3 is 2.09 bits per heavy atom. The van der Waals surface area contributed by atoms with Crippen LogP contribution in [0.15, 0.2) is 142 Å². The van der Waals surface area contributed by atoms with Crippen molar-refractivity contribution in [3.8, 4) is 0 Å². The van der Waals surface area contributed by atoms with Crippen LogP contribution in [0.5, 0.6) is 0 Å². The van der Waals surface area contributed by atoms with E-state index in [0.29, 0.717) is 23.1 Å². The molecule has 0 amide bonds. The second-order valence-corrected chi connectivity index (χ2v) is 19.4. The lowest BCUT2D eigenvalue weighted by Crippen LogP contribution is -2.36. The maximum absolute atomic E-state index is 11.6. The van der Waals surface area contributed by atoms with Gasteiger partial charge in [0, 0.05) is 51.4 Å². The van der Waals surface area contributed by atoms with E-state index in [1.54, 1.807) is 23.1 Å². The van der Waals surface area contributed by atoms with Crippen molar-refractivity contribution in [3.05, 3.63) is 152 Å². The summed E-state index contributed by atoms with van der Waals surface area (Å²) in [7, 11) is -8.24. The van der Waals surface area contributed by atoms with Crippen LogP contribution in [0.3, 0.4) is 0 Å². The number of hydrogen-bond acceptors (Lipinski definition) is 8. The van der Waals surface area contributed by atoms with Crippen LogP contribution >= 0.6 is 46.3 Å². The zero-order valence-electron chi connectivity index (χ0n) is 30.0. The summed E-state index contributed by atoms with van der Waals surface area (Å²) in [6, 6.07) is 31.7. The predicted octanol–water partition coefficient (Wildman–Crippen LogP) is 10.3. The van der Waals surface area contributed by atoms with Crippen LogP contribution in [0, 0.1) is 0 Å². The highest BCUT2D eigenvalue weighted by Gasteiger charge is 2.29. The van der Waals surface area contributed by atoms with E-state index in [1.165, 1.54) is 0 Å². The fourth-order valence-electron chi connectivity index (χ4n) is 6.90. The molecule has 0 atom stereocenters. The fraction of sp³-hybridized carbons (Fsp3) is 0.195. The van der Waals surface area contributed by atoms with Gasteiger partial charge >= 0.3 is 0 Å². The summed E-state index contributed by atoms with van der Waals surface area (Å²) in [4.78, 5) is 5.32. The lowest BCUT2D eigenvalue weighted by molar-refractivity contribution is -0.668. The molecule has 0 fully saturated rings. The monoisotopic (exact) mass is 866 g/mol. The highest BCUT2D eigenvalue weighted by atomic mass is 35.5. The average molecular weight is 868 g/mol. The Balaban J connectivity index is 1.33. The predicted molar refractivity (Wildman–Crippen MR) is 230 cm³/mol. The zero-order valence-corrected chi connectivity index (χ0v) is 34.7. The van der Waals surface area contributed by atoms with Crippen LogP contribution in [0.4, 0.5) is 17.1 Å². The van der Waals surface area contributed by atoms with Crippen LogP contribution < -0.4 is 14.4 Å². The average Bonchev–Trinajstić information content (AvgIpc) is 3.82. The van der Waals surface area contributed by atoms with Gasteiger partial charge in [-0.05, 0) is 97.2 Å². The number of nitrogens with zero attached hydrogens (tertiary/aromatic N) is 3. The first kappa shape index (κ1) is 40.3. The molecular weight excluding hydrogens is 830 g/mol. The first-order chi connectivity index (χ1) is 26.8. The van der Waals surface area contributed by atoms with Gasteiger partial charge in [-0.25, -0.2) is 0 Å². The Labute approximate surface area is 345 Å². The minimum absolute atomic E-state index is 0.231. The third-order valence-electron chi connectivity index (χ3n) is 9.33. The van der Waals surface area contributed by atoms with Crippen LogP contribution in [0.1, 0.15) is 30.7 Å². The Bertz CT molecular complexity index is 2570. The first-order valence-electron chi connectivity index (χ1n) is 17.8. The van der Waals surface area contributed by atoms with E-state index >= 15 is 0 Å². The van der Waals surface area contributed by atoms with E-state index in [4.69, 9.17) is 23.2 Å². The molecule has 9 nitrogen and oxygen atoms in total. The molecule has 1 aromatic heterocycles. The number of aromatic nitrogens is 1. The fourth-order valence-corrected chi connectivity index (χ4v) is 10.4. The molecule has 7 rings (SSSR count). The van der Waals surface area contributed by atoms with Crippen LogP contribution in [0.2, 0.25) is 10.0 Å². The number of halogens is 2. The van der Waals surface area contributed by atoms with E-state index in [9.17, 15) is 25.9 Å². The largest absolute Gasteiger partial charge is 0.335 e. The molecule has 5 aromatic rings. The minimum Gasteiger partial charge on any atom is -0.335 e. The molecule has 0 saturated carbocycles. The number of thioether (sulfide) groups is 1. The molecule has 0 unspecified atom stereocenters. The number of benzene rings is 4. The molecule has 0 saturated heterocycles. The van der Waals surface area contributed by atoms with Gasteiger partial charge in [-0.3, -0.25) is 9.11 Å². The van der Waals surface area contributed by atoms with Gasteiger partial charge in [-0.15, -0.1) is 0 Å². The molecule has 1 aliphatic heterocycles. The van der Waals surface area contributed by atoms with Crippen LogP contribution in [0.25, 0.3) is 16.3 Å². The van der Waals surface area contributed by atoms with Crippen molar-refractivity contribution in [1.82, 2.24) is 0 Å². The molecule has 0 radical (unpaired) electrons. The van der Waals surface area contributed by atoms with E-state index < -0.39 is 20.2 Å². The normalized spacial score (nSPS) is 16.2. The van der Waals surface area contributed by atoms with Crippen molar-refractivity contribution in [2.45, 2.75) is 37.1 Å². The molecule has 290 valence electrons. The Hall–Kier alpha value is -3.92. The maximum Gasteiger partial charge on any atom is 0.265 e. The minimum atomic E-state index is -4.12. The summed E-state index contributed by atoms with van der Waals surface area (Å²) < 4.78 is 68.3. The van der Waals surface area contributed by atoms with Gasteiger partial charge in [0.15, 0.2) is 6.54 Å². The van der Waals surface area contributed by atoms with Crippen molar-refractivity contribution in [1.29, 1.82) is 0 Å². The van der Waals surface area contributed by atoms with Crippen LogP contribution in [-0.2, 0) is 26.8 Å². The number of allylic oxidation sites excluding steroid dienone is 5. The number of thiazole rings is 1. The summed E-state index contributed by atoms with van der Waals surface area (Å²) in [5.41, 5.74) is 6.97. The highest BCUT2D eigenvalue weighted by Crippen LogP contribution is 2.48. The zero-order chi connectivity index (χ0) is 39.5. The van der Waals surface area contributed by atoms with Gasteiger partial charge in [0.05, 0.1) is 27.9 Å². The summed E-state index contributed by atoms with van der Waals surface area (Å²) >= 11 is 16.0. The van der Waals surface area contributed by atoms with Gasteiger partial charge in [0.1, 0.15) is 4.70 Å². The molecule has 2 heterocycles. The van der Waals surface area contributed by atoms with E-state index in [-0.39, 0.29) is 24.3 Å². The number of aryl methyl sites for hydroxylation is 1. The number of para-hydroxylation sites is 2. The molecule has 2 N–H and O–H groups in total. The molecule has 2 aliphatic rings. The summed E-state index contributed by atoms with van der Waals surface area (Å²) in [6.07, 6.45) is 10.4. The number of hydrogen-bond donors (Lipinski definition) is 2. The molecule has 15 heteroatoms. The summed E-state index contributed by atoms with van der Waals surface area (Å²) in [6.45, 7) is 0.743. The van der Waals surface area contributed by atoms with Gasteiger partial charge in [-0.2, -0.15) is 21.4 Å². The highest BCUT2D eigenvalue weighted by molar-refractivity contribution is 8.03. The lowest BCUT2D eigenvalue weighted by Gasteiger charge is -2.28. The number of anilines is 3. The summed E-state index contributed by atoms with van der Waals surface area (Å²) in [5, 5.41) is 2.97. The molecular formula is C41H38Cl2N3O6S4+. The van der Waals surface area contributed by atoms with Crippen molar-refractivity contribution in [2.75, 3.05) is 27.9 Å². The number of fused-ring (bicyclic) bond motifs is 2. The molecule has 0 spiro atoms. The van der Waals surface area contributed by atoms with E-state index in [0.717, 1.165) is 71.9 Å². The van der Waals surface area contributed by atoms with Gasteiger partial charge in [-0.1, -0.05) is 88.8 Å². The lowest BCUT2D eigenvalue weighted by atomic mass is 10.1. The Morgan fingerprint density at radius 2 is 1.41 bits per heavy atom. The second kappa shape index (κ2) is 17.3. The van der Waals surface area contributed by atoms with Crippen LogP contribution in [-0.4, -0.2) is 44.0 Å². The Kier molecular flexibility index (Phi) is 12.4. The smallest absolute Gasteiger partial charge is 0.265 e. The van der Waals surface area contributed by atoms with Gasteiger partial charge in [0.25, 0.3) is 25.2 Å². The van der Waals surface area contributed by atoms with Crippen molar-refractivity contribution in [2.24, 2.45) is 0 Å². The third kappa shape index (κ3) is 9.78. The van der Waals surface area contributed by atoms with E-state index in [1.807, 2.05) is 82.3 Å². The molecule has 56 heavy (non-hydrogen) atoms. The van der Waals surface area contributed by atoms with Crippen molar-refractivity contribution in [3.63, 3.8) is 0 Å². The first-order valence-corrected chi connectivity index (χ1v) is 23.4. The maximum atomic E-state index is 11.6. The van der Waals surface area contributed by atoms with Crippen molar-refractivity contribution >= 4 is 99.9 Å². The second-order valence-electron chi connectivity index (χ2n) is 13.3. The van der Waals surface area contributed by atoms with Crippen molar-refractivity contribution < 1.29 is 30.5 Å². The quantitative estimate of drug-likeness (QED) is 0.0831. The number of rotatable bonds is 14. The van der Waals surface area contributed by atoms with E-state index in [2.05, 4.69) is 53.5 Å². The van der Waals surface area contributed by atoms with Gasteiger partial charge in [0.2, 0.25) is 5.52 Å². The third-order valence-corrected chi connectivity index (χ3v) is 13.7. The molecule has 1 aliphatic carbocycles. The Morgan fingerprint density at radius 1 is 0.768 bits per heavy atom. The SMILES string of the molecule is O=S(=O)(O)CCCN1C(=CC=C2CCC(C=Cc3sc4ccc(Cl)cc4[n+]3CCCS(=O)(=O)O)=C2N(c2ccccc2)c2ccccc2)Sc2ccc(Cl)cc21. The topological polar surface area (TPSA) is 119 Å². The molecule has 4 aromatic carbocycles. The van der Waals surface area contributed by atoms with Gasteiger partial charge < -0.3 is 9.80 Å². The molecule has 0 bridgehead atoms.